The van der Waals surface area contributed by atoms with Gasteiger partial charge in [0.1, 0.15) is 16.5 Å². The summed E-state index contributed by atoms with van der Waals surface area (Å²) in [6, 6.07) is 4.70. The number of carbonyl (C=O) groups excluding carboxylic acids is 1. The average Bonchev–Trinajstić information content (AvgIpc) is 2.86. The number of fused-ring (bicyclic) bond motifs is 1. The molecule has 0 aliphatic heterocycles. The van der Waals surface area contributed by atoms with E-state index in [0.717, 1.165) is 6.07 Å². The van der Waals surface area contributed by atoms with Crippen molar-refractivity contribution in [1.29, 1.82) is 0 Å². The molecule has 2 heterocycles. The highest BCUT2D eigenvalue weighted by atomic mass is 35.5. The molecule has 0 spiro atoms. The second kappa shape index (κ2) is 6.33. The Morgan fingerprint density at radius 1 is 1.27 bits per heavy atom. The molecule has 2 N–H and O–H groups in total. The smallest absolute Gasteiger partial charge is 0.433 e. The van der Waals surface area contributed by atoms with Crippen molar-refractivity contribution in [2.24, 2.45) is 0 Å². The summed E-state index contributed by atoms with van der Waals surface area (Å²) in [5.74, 6) is -1.21. The third-order valence-corrected chi connectivity index (χ3v) is 3.96. The summed E-state index contributed by atoms with van der Waals surface area (Å²) in [5.41, 5.74) is -1.89. The number of carbonyl (C=O) groups is 1. The monoisotopic (exact) mass is 404 g/mol. The number of aryl methyl sites for hydroxylation is 1. The highest BCUT2D eigenvalue weighted by molar-refractivity contribution is 6.37. The number of phenolic OH excluding ortho intramolecular Hbond substituents is 1. The van der Waals surface area contributed by atoms with E-state index in [1.807, 2.05) is 0 Å². The number of phenols is 1. The number of anilines is 1. The van der Waals surface area contributed by atoms with Crippen molar-refractivity contribution in [3.8, 4) is 5.75 Å². The minimum Gasteiger partial charge on any atom is -0.506 e. The molecule has 136 valence electrons. The standard InChI is InChI=1S/C15H9Cl2F3N4O2/c1-6-4-10(15(18,19)20)24-13(21-6)11(17)12(23-24)14(26)22-8-5-7(16)2-3-9(8)25/h2-5,25H,1H3,(H,22,26). The number of hydrogen-bond donors (Lipinski definition) is 2. The summed E-state index contributed by atoms with van der Waals surface area (Å²) in [7, 11) is 0. The first-order valence-corrected chi connectivity index (χ1v) is 7.76. The number of aromatic nitrogens is 3. The van der Waals surface area contributed by atoms with Gasteiger partial charge in [0.05, 0.1) is 5.69 Å². The number of nitrogens with zero attached hydrogens (tertiary/aromatic N) is 3. The van der Waals surface area contributed by atoms with Crippen LogP contribution in [0.5, 0.6) is 5.75 Å². The summed E-state index contributed by atoms with van der Waals surface area (Å²) in [4.78, 5) is 16.3. The molecule has 0 saturated heterocycles. The molecule has 26 heavy (non-hydrogen) atoms. The van der Waals surface area contributed by atoms with Crippen LogP contribution in [0.4, 0.5) is 18.9 Å². The van der Waals surface area contributed by atoms with Crippen LogP contribution in [0.25, 0.3) is 5.65 Å². The van der Waals surface area contributed by atoms with Crippen molar-refractivity contribution in [3.05, 3.63) is 51.4 Å². The predicted molar refractivity (Wildman–Crippen MR) is 88.8 cm³/mol. The zero-order chi connectivity index (χ0) is 19.2. The molecule has 3 aromatic rings. The van der Waals surface area contributed by atoms with E-state index in [0.29, 0.717) is 4.52 Å². The lowest BCUT2D eigenvalue weighted by Crippen LogP contribution is -2.16. The molecule has 3 rings (SSSR count). The van der Waals surface area contributed by atoms with Crippen molar-refractivity contribution in [3.63, 3.8) is 0 Å². The lowest BCUT2D eigenvalue weighted by Gasteiger charge is -2.09. The molecule has 2 aromatic heterocycles. The van der Waals surface area contributed by atoms with E-state index in [2.05, 4.69) is 15.4 Å². The maximum Gasteiger partial charge on any atom is 0.433 e. The molecule has 0 bridgehead atoms. The number of alkyl halides is 3. The SMILES string of the molecule is Cc1cc(C(F)(F)F)n2nc(C(=O)Nc3cc(Cl)ccc3O)c(Cl)c2n1. The summed E-state index contributed by atoms with van der Waals surface area (Å²) in [5, 5.41) is 15.6. The molecule has 0 radical (unpaired) electrons. The van der Waals surface area contributed by atoms with E-state index in [-0.39, 0.29) is 32.8 Å². The number of aromatic hydroxyl groups is 1. The normalized spacial score (nSPS) is 11.8. The summed E-state index contributed by atoms with van der Waals surface area (Å²) in [6.07, 6.45) is -4.72. The number of rotatable bonds is 2. The van der Waals surface area contributed by atoms with Crippen LogP contribution in [0.1, 0.15) is 21.9 Å². The summed E-state index contributed by atoms with van der Waals surface area (Å²) in [6.45, 7) is 1.36. The number of amides is 1. The highest BCUT2D eigenvalue weighted by Gasteiger charge is 2.36. The third kappa shape index (κ3) is 3.27. The second-order valence-corrected chi connectivity index (χ2v) is 6.11. The van der Waals surface area contributed by atoms with Gasteiger partial charge in [-0.25, -0.2) is 9.50 Å². The van der Waals surface area contributed by atoms with Crippen molar-refractivity contribution >= 4 is 40.4 Å². The van der Waals surface area contributed by atoms with E-state index in [4.69, 9.17) is 23.2 Å². The molecule has 11 heteroatoms. The van der Waals surface area contributed by atoms with Gasteiger partial charge in [0.15, 0.2) is 11.3 Å². The minimum atomic E-state index is -4.72. The maximum absolute atomic E-state index is 13.2. The lowest BCUT2D eigenvalue weighted by molar-refractivity contribution is -0.142. The van der Waals surface area contributed by atoms with Crippen LogP contribution >= 0.6 is 23.2 Å². The van der Waals surface area contributed by atoms with Gasteiger partial charge in [-0.15, -0.1) is 0 Å². The third-order valence-electron chi connectivity index (χ3n) is 3.37. The Morgan fingerprint density at radius 2 is 1.96 bits per heavy atom. The largest absolute Gasteiger partial charge is 0.506 e. The van der Waals surface area contributed by atoms with Crippen LogP contribution in [0.3, 0.4) is 0 Å². The molecule has 0 aliphatic carbocycles. The van der Waals surface area contributed by atoms with Gasteiger partial charge in [0.2, 0.25) is 0 Å². The molecular formula is C15H9Cl2F3N4O2. The van der Waals surface area contributed by atoms with Crippen LogP contribution in [-0.4, -0.2) is 25.6 Å². The summed E-state index contributed by atoms with van der Waals surface area (Å²) >= 11 is 11.8. The molecule has 0 atom stereocenters. The van der Waals surface area contributed by atoms with Crippen LogP contribution in [-0.2, 0) is 6.18 Å². The zero-order valence-corrected chi connectivity index (χ0v) is 14.4. The molecule has 1 aromatic carbocycles. The van der Waals surface area contributed by atoms with Crippen molar-refractivity contribution in [2.75, 3.05) is 5.32 Å². The Bertz CT molecular complexity index is 1030. The Balaban J connectivity index is 2.09. The van der Waals surface area contributed by atoms with E-state index in [9.17, 15) is 23.1 Å². The highest BCUT2D eigenvalue weighted by Crippen LogP contribution is 2.33. The first kappa shape index (κ1) is 18.3. The van der Waals surface area contributed by atoms with Gasteiger partial charge in [0.25, 0.3) is 5.91 Å². The van der Waals surface area contributed by atoms with Gasteiger partial charge < -0.3 is 10.4 Å². The van der Waals surface area contributed by atoms with Crippen LogP contribution in [0, 0.1) is 6.92 Å². The van der Waals surface area contributed by atoms with Crippen LogP contribution < -0.4 is 5.32 Å². The molecule has 0 aliphatic rings. The average molecular weight is 405 g/mol. The predicted octanol–water partition coefficient (Wildman–Crippen LogP) is 4.32. The van der Waals surface area contributed by atoms with E-state index >= 15 is 0 Å². The molecule has 0 fully saturated rings. The zero-order valence-electron chi connectivity index (χ0n) is 12.9. The number of hydrogen-bond acceptors (Lipinski definition) is 4. The number of halogens is 5. The number of nitrogens with one attached hydrogen (secondary N) is 1. The van der Waals surface area contributed by atoms with Crippen LogP contribution in [0.2, 0.25) is 10.0 Å². The second-order valence-electron chi connectivity index (χ2n) is 5.29. The topological polar surface area (TPSA) is 79.5 Å². The van der Waals surface area contributed by atoms with E-state index < -0.39 is 23.5 Å². The van der Waals surface area contributed by atoms with Crippen molar-refractivity contribution in [1.82, 2.24) is 14.6 Å². The van der Waals surface area contributed by atoms with Gasteiger partial charge in [-0.3, -0.25) is 4.79 Å². The van der Waals surface area contributed by atoms with Crippen LogP contribution in [0.15, 0.2) is 24.3 Å². The quantitative estimate of drug-likeness (QED) is 0.623. The molecule has 0 saturated carbocycles. The Hall–Kier alpha value is -2.52. The first-order valence-electron chi connectivity index (χ1n) is 7.01. The molecule has 6 nitrogen and oxygen atoms in total. The Labute approximate surface area is 154 Å². The van der Waals surface area contributed by atoms with Gasteiger partial charge in [-0.2, -0.15) is 18.3 Å². The Morgan fingerprint density at radius 3 is 2.62 bits per heavy atom. The minimum absolute atomic E-state index is 0.0455. The van der Waals surface area contributed by atoms with Crippen molar-refractivity contribution in [2.45, 2.75) is 13.1 Å². The fraction of sp³-hybridized carbons (Fsp3) is 0.133. The summed E-state index contributed by atoms with van der Waals surface area (Å²) < 4.78 is 40.1. The molecule has 0 unspecified atom stereocenters. The van der Waals surface area contributed by atoms with Gasteiger partial charge in [-0.05, 0) is 31.2 Å². The van der Waals surface area contributed by atoms with Crippen molar-refractivity contribution < 1.29 is 23.1 Å². The van der Waals surface area contributed by atoms with Gasteiger partial charge in [-0.1, -0.05) is 23.2 Å². The first-order chi connectivity index (χ1) is 12.1. The molecule has 1 amide bonds. The van der Waals surface area contributed by atoms with E-state index in [1.165, 1.54) is 25.1 Å². The van der Waals surface area contributed by atoms with Gasteiger partial charge >= 0.3 is 6.18 Å². The molecular weight excluding hydrogens is 396 g/mol. The lowest BCUT2D eigenvalue weighted by atomic mass is 10.2. The van der Waals surface area contributed by atoms with E-state index in [1.54, 1.807) is 0 Å². The van der Waals surface area contributed by atoms with Gasteiger partial charge in [0, 0.05) is 10.7 Å². The fourth-order valence-electron chi connectivity index (χ4n) is 2.25. The maximum atomic E-state index is 13.2. The fourth-order valence-corrected chi connectivity index (χ4v) is 2.67. The Kier molecular flexibility index (Phi) is 4.45. The number of benzene rings is 1.